The molecule has 33 heavy (non-hydrogen) atoms. The number of nitrogens with zero attached hydrogens (tertiary/aromatic N) is 1. The van der Waals surface area contributed by atoms with Crippen molar-refractivity contribution in [2.45, 2.75) is 31.0 Å². The van der Waals surface area contributed by atoms with E-state index < -0.39 is 28.4 Å². The first kappa shape index (κ1) is 24.7. The van der Waals surface area contributed by atoms with Crippen molar-refractivity contribution in [1.82, 2.24) is 4.31 Å². The van der Waals surface area contributed by atoms with Gasteiger partial charge in [-0.25, -0.2) is 13.2 Å². The third-order valence-corrected chi connectivity index (χ3v) is 6.96. The molecule has 0 saturated carbocycles. The van der Waals surface area contributed by atoms with E-state index in [1.165, 1.54) is 48.9 Å². The summed E-state index contributed by atoms with van der Waals surface area (Å²) in [5, 5.41) is 0. The van der Waals surface area contributed by atoms with Crippen LogP contribution in [0.5, 0.6) is 11.5 Å². The highest BCUT2D eigenvalue weighted by Crippen LogP contribution is 2.25. The van der Waals surface area contributed by atoms with E-state index in [1.807, 2.05) is 0 Å². The van der Waals surface area contributed by atoms with E-state index in [0.29, 0.717) is 5.75 Å². The van der Waals surface area contributed by atoms with Gasteiger partial charge >= 0.3 is 5.97 Å². The van der Waals surface area contributed by atoms with E-state index in [2.05, 4.69) is 0 Å². The number of ether oxygens (including phenoxy) is 4. The average molecular weight is 478 g/mol. The number of Topliss-reactive ketones (excluding diaryl/α,β-unsaturated/α-hetero) is 1. The van der Waals surface area contributed by atoms with Gasteiger partial charge in [0.15, 0.2) is 6.61 Å². The maximum absolute atomic E-state index is 13.1. The predicted octanol–water partition coefficient (Wildman–Crippen LogP) is 2.54. The molecule has 2 unspecified atom stereocenters. The third kappa shape index (κ3) is 5.70. The number of carbonyl (C=O) groups excluding carboxylic acids is 2. The zero-order valence-electron chi connectivity index (χ0n) is 18.9. The number of carbonyl (C=O) groups is 2. The molecular weight excluding hydrogens is 450 g/mol. The molecule has 0 spiro atoms. The summed E-state index contributed by atoms with van der Waals surface area (Å²) in [6.07, 6.45) is -0.477. The number of ketones is 1. The van der Waals surface area contributed by atoms with E-state index in [1.54, 1.807) is 26.0 Å². The number of hydrogen-bond acceptors (Lipinski definition) is 8. The molecule has 9 nitrogen and oxygen atoms in total. The van der Waals surface area contributed by atoms with Gasteiger partial charge in [0.05, 0.1) is 42.4 Å². The lowest BCUT2D eigenvalue weighted by Crippen LogP contribution is -2.48. The minimum absolute atomic E-state index is 0.0265. The van der Waals surface area contributed by atoms with Gasteiger partial charge in [0.1, 0.15) is 11.5 Å². The fraction of sp³-hybridized carbons (Fsp3) is 0.391. The van der Waals surface area contributed by atoms with Gasteiger partial charge in [-0.3, -0.25) is 4.79 Å². The zero-order valence-corrected chi connectivity index (χ0v) is 19.8. The Hall–Kier alpha value is -2.95. The largest absolute Gasteiger partial charge is 0.497 e. The highest BCUT2D eigenvalue weighted by Gasteiger charge is 2.32. The summed E-state index contributed by atoms with van der Waals surface area (Å²) in [7, 11) is -0.915. The molecular formula is C23H27NO8S. The number of benzene rings is 2. The van der Waals surface area contributed by atoms with E-state index in [-0.39, 0.29) is 47.1 Å². The lowest BCUT2D eigenvalue weighted by atomic mass is 10.1. The van der Waals surface area contributed by atoms with Gasteiger partial charge in [-0.2, -0.15) is 4.31 Å². The van der Waals surface area contributed by atoms with Crippen LogP contribution in [0.25, 0.3) is 0 Å². The average Bonchev–Trinajstić information content (AvgIpc) is 2.81. The van der Waals surface area contributed by atoms with Gasteiger partial charge in [-0.1, -0.05) is 6.07 Å². The maximum atomic E-state index is 13.1. The number of morpholine rings is 1. The minimum Gasteiger partial charge on any atom is -0.497 e. The van der Waals surface area contributed by atoms with Crippen molar-refractivity contribution >= 4 is 21.8 Å². The molecule has 178 valence electrons. The number of esters is 1. The Balaban J connectivity index is 1.72. The molecule has 1 heterocycles. The topological polar surface area (TPSA) is 108 Å². The quantitative estimate of drug-likeness (QED) is 0.422. The predicted molar refractivity (Wildman–Crippen MR) is 119 cm³/mol. The second-order valence-corrected chi connectivity index (χ2v) is 9.61. The van der Waals surface area contributed by atoms with Crippen molar-refractivity contribution in [1.29, 1.82) is 0 Å². The van der Waals surface area contributed by atoms with Gasteiger partial charge < -0.3 is 18.9 Å². The summed E-state index contributed by atoms with van der Waals surface area (Å²) in [6.45, 7) is 3.53. The molecule has 2 aromatic carbocycles. The van der Waals surface area contributed by atoms with E-state index in [4.69, 9.17) is 18.9 Å². The highest BCUT2D eigenvalue weighted by molar-refractivity contribution is 7.89. The first-order chi connectivity index (χ1) is 15.6. The molecule has 0 amide bonds. The van der Waals surface area contributed by atoms with Crippen LogP contribution in [-0.2, 0) is 19.5 Å². The van der Waals surface area contributed by atoms with Crippen LogP contribution in [0.1, 0.15) is 34.6 Å². The van der Waals surface area contributed by atoms with Crippen molar-refractivity contribution in [3.8, 4) is 11.5 Å². The third-order valence-electron chi connectivity index (χ3n) is 5.14. The summed E-state index contributed by atoms with van der Waals surface area (Å²) >= 11 is 0. The highest BCUT2D eigenvalue weighted by atomic mass is 32.2. The summed E-state index contributed by atoms with van der Waals surface area (Å²) in [4.78, 5) is 25.1. The fourth-order valence-electron chi connectivity index (χ4n) is 3.58. The summed E-state index contributed by atoms with van der Waals surface area (Å²) in [5.74, 6) is -0.473. The van der Waals surface area contributed by atoms with E-state index in [0.717, 1.165) is 0 Å². The van der Waals surface area contributed by atoms with Gasteiger partial charge in [0, 0.05) is 19.2 Å². The first-order valence-electron chi connectivity index (χ1n) is 10.3. The number of sulfonamides is 1. The molecule has 0 N–H and O–H groups in total. The van der Waals surface area contributed by atoms with Gasteiger partial charge in [-0.15, -0.1) is 0 Å². The van der Waals surface area contributed by atoms with Gasteiger partial charge in [0.25, 0.3) is 0 Å². The summed E-state index contributed by atoms with van der Waals surface area (Å²) in [6, 6.07) is 10.2. The monoisotopic (exact) mass is 477 g/mol. The van der Waals surface area contributed by atoms with Crippen LogP contribution in [0.4, 0.5) is 0 Å². The van der Waals surface area contributed by atoms with Gasteiger partial charge in [-0.05, 0) is 44.2 Å². The molecule has 1 aliphatic heterocycles. The van der Waals surface area contributed by atoms with E-state index in [9.17, 15) is 18.0 Å². The molecule has 0 aromatic heterocycles. The molecule has 10 heteroatoms. The Labute approximate surface area is 193 Å². The van der Waals surface area contributed by atoms with Crippen molar-refractivity contribution in [3.05, 3.63) is 53.6 Å². The molecule has 0 bridgehead atoms. The minimum atomic E-state index is -3.82. The molecule has 2 aromatic rings. The second-order valence-electron chi connectivity index (χ2n) is 7.67. The molecule has 2 atom stereocenters. The zero-order chi connectivity index (χ0) is 24.2. The first-order valence-corrected chi connectivity index (χ1v) is 11.8. The Morgan fingerprint density at radius 1 is 1.03 bits per heavy atom. The summed E-state index contributed by atoms with van der Waals surface area (Å²) < 4.78 is 48.5. The number of hydrogen-bond donors (Lipinski definition) is 0. The molecule has 0 radical (unpaired) electrons. The van der Waals surface area contributed by atoms with Crippen molar-refractivity contribution in [2.75, 3.05) is 33.9 Å². The Kier molecular flexibility index (Phi) is 7.72. The summed E-state index contributed by atoms with van der Waals surface area (Å²) in [5.41, 5.74) is 0.262. The Morgan fingerprint density at radius 2 is 1.73 bits per heavy atom. The lowest BCUT2D eigenvalue weighted by Gasteiger charge is -2.34. The number of rotatable bonds is 8. The maximum Gasteiger partial charge on any atom is 0.338 e. The van der Waals surface area contributed by atoms with Crippen LogP contribution in [0, 0.1) is 0 Å². The smallest absolute Gasteiger partial charge is 0.338 e. The van der Waals surface area contributed by atoms with Crippen molar-refractivity contribution < 1.29 is 37.0 Å². The van der Waals surface area contributed by atoms with Gasteiger partial charge in [0.2, 0.25) is 15.8 Å². The van der Waals surface area contributed by atoms with Crippen molar-refractivity contribution in [2.24, 2.45) is 0 Å². The molecule has 1 fully saturated rings. The van der Waals surface area contributed by atoms with Crippen molar-refractivity contribution in [3.63, 3.8) is 0 Å². The van der Waals surface area contributed by atoms with Crippen LogP contribution >= 0.6 is 0 Å². The normalized spacial score (nSPS) is 19.0. The lowest BCUT2D eigenvalue weighted by molar-refractivity contribution is -0.0440. The molecule has 3 rings (SSSR count). The van der Waals surface area contributed by atoms with Crippen LogP contribution in [0.2, 0.25) is 0 Å². The Bertz CT molecular complexity index is 1120. The second kappa shape index (κ2) is 10.3. The van der Waals surface area contributed by atoms with E-state index >= 15 is 0 Å². The van der Waals surface area contributed by atoms with Crippen LogP contribution < -0.4 is 9.47 Å². The van der Waals surface area contributed by atoms with Crippen LogP contribution in [0.15, 0.2) is 47.4 Å². The molecule has 0 aliphatic carbocycles. The molecule has 1 saturated heterocycles. The molecule has 1 aliphatic rings. The Morgan fingerprint density at radius 3 is 2.36 bits per heavy atom. The SMILES string of the molecule is COc1ccc(C(=O)COC(=O)c2cccc(S(=O)(=O)N3CC(C)OC(C)C3)c2)c(OC)c1. The number of methoxy groups -OCH3 is 2. The fourth-order valence-corrected chi connectivity index (χ4v) is 5.22. The standard InChI is InChI=1S/C23H27NO8S/c1-15-12-24(13-16(2)32-15)33(27,28)19-7-5-6-17(10-19)23(26)31-14-21(25)20-9-8-18(29-3)11-22(20)30-4/h5-11,15-16H,12-14H2,1-4H3. The van der Waals surface area contributed by atoms with Crippen LogP contribution in [0.3, 0.4) is 0 Å². The van der Waals surface area contributed by atoms with Crippen LogP contribution in [-0.4, -0.2) is 70.6 Å².